The van der Waals surface area contributed by atoms with E-state index in [-0.39, 0.29) is 18.9 Å². The summed E-state index contributed by atoms with van der Waals surface area (Å²) in [6, 6.07) is 25.6. The van der Waals surface area contributed by atoms with Crippen molar-refractivity contribution < 1.29 is 19.4 Å². The number of hydrogen-bond donors (Lipinski definition) is 2. The lowest BCUT2D eigenvalue weighted by atomic mass is 10.1. The van der Waals surface area contributed by atoms with Gasteiger partial charge in [-0.2, -0.15) is 0 Å². The van der Waals surface area contributed by atoms with Gasteiger partial charge in [-0.05, 0) is 41.8 Å². The van der Waals surface area contributed by atoms with E-state index in [0.717, 1.165) is 40.7 Å². The van der Waals surface area contributed by atoms with Gasteiger partial charge in [-0.3, -0.25) is 9.59 Å². The molecule has 0 unspecified atom stereocenters. The predicted molar refractivity (Wildman–Crippen MR) is 146 cm³/mol. The molecule has 0 aliphatic heterocycles. The first-order valence-electron chi connectivity index (χ1n) is 12.0. The fourth-order valence-electron chi connectivity index (χ4n) is 3.84. The molecule has 1 heterocycles. The van der Waals surface area contributed by atoms with Crippen LogP contribution in [0.3, 0.4) is 0 Å². The highest BCUT2D eigenvalue weighted by Crippen LogP contribution is 2.30. The standard InChI is InChI=1S/C29H29N3O4S/c1-36-25-9-5-8-24(18-25)26-20-37-29(31-26)32(17-15-21-6-3-2-4-7-21)19-22-10-12-23(13-11-22)28(35)30-16-14-27(33)34/h2-13,18,20H,14-17,19H2,1H3,(H,30,35)(H,33,34). The van der Waals surface area contributed by atoms with E-state index in [2.05, 4.69) is 27.7 Å². The van der Waals surface area contributed by atoms with Crippen molar-refractivity contribution in [3.63, 3.8) is 0 Å². The van der Waals surface area contributed by atoms with Crippen molar-refractivity contribution in [3.05, 3.63) is 101 Å². The van der Waals surface area contributed by atoms with Crippen molar-refractivity contribution in [1.29, 1.82) is 0 Å². The summed E-state index contributed by atoms with van der Waals surface area (Å²) in [7, 11) is 1.65. The number of amides is 1. The second kappa shape index (κ2) is 12.7. The molecule has 0 atom stereocenters. The SMILES string of the molecule is COc1cccc(-c2csc(N(CCc3ccccc3)Cc3ccc(C(=O)NCCC(=O)O)cc3)n2)c1. The number of carboxylic acids is 1. The zero-order valence-corrected chi connectivity index (χ0v) is 21.4. The maximum Gasteiger partial charge on any atom is 0.305 e. The molecule has 0 bridgehead atoms. The van der Waals surface area contributed by atoms with Gasteiger partial charge in [-0.1, -0.05) is 54.6 Å². The summed E-state index contributed by atoms with van der Waals surface area (Å²) >= 11 is 1.60. The molecule has 0 aliphatic carbocycles. The van der Waals surface area contributed by atoms with E-state index in [4.69, 9.17) is 14.8 Å². The smallest absolute Gasteiger partial charge is 0.305 e. The summed E-state index contributed by atoms with van der Waals surface area (Å²) in [5.74, 6) is -0.431. The Balaban J connectivity index is 1.50. The van der Waals surface area contributed by atoms with Crippen molar-refractivity contribution >= 4 is 28.3 Å². The van der Waals surface area contributed by atoms with E-state index < -0.39 is 5.97 Å². The third-order valence-corrected chi connectivity index (χ3v) is 6.76. The average molecular weight is 516 g/mol. The van der Waals surface area contributed by atoms with Gasteiger partial charge in [-0.15, -0.1) is 11.3 Å². The fraction of sp³-hybridized carbons (Fsp3) is 0.207. The van der Waals surface area contributed by atoms with E-state index in [1.807, 2.05) is 54.6 Å². The lowest BCUT2D eigenvalue weighted by molar-refractivity contribution is -0.136. The van der Waals surface area contributed by atoms with Gasteiger partial charge in [0.2, 0.25) is 0 Å². The number of carbonyl (C=O) groups is 2. The predicted octanol–water partition coefficient (Wildman–Crippen LogP) is 5.27. The first kappa shape index (κ1) is 25.9. The van der Waals surface area contributed by atoms with Crippen LogP contribution in [0.2, 0.25) is 0 Å². The number of ether oxygens (including phenoxy) is 1. The number of aromatic nitrogens is 1. The topological polar surface area (TPSA) is 91.8 Å². The van der Waals surface area contributed by atoms with Crippen LogP contribution in [0.15, 0.2) is 84.2 Å². The van der Waals surface area contributed by atoms with Gasteiger partial charge in [0.15, 0.2) is 5.13 Å². The number of hydrogen-bond acceptors (Lipinski definition) is 6. The molecule has 0 fully saturated rings. The number of thiazole rings is 1. The summed E-state index contributed by atoms with van der Waals surface area (Å²) in [6.45, 7) is 1.52. The van der Waals surface area contributed by atoms with Crippen LogP contribution >= 0.6 is 11.3 Å². The van der Waals surface area contributed by atoms with Gasteiger partial charge >= 0.3 is 5.97 Å². The molecule has 8 heteroatoms. The molecule has 1 aromatic heterocycles. The van der Waals surface area contributed by atoms with Gasteiger partial charge in [0.1, 0.15) is 5.75 Å². The largest absolute Gasteiger partial charge is 0.497 e. The van der Waals surface area contributed by atoms with Crippen molar-refractivity contribution in [2.45, 2.75) is 19.4 Å². The molecule has 2 N–H and O–H groups in total. The van der Waals surface area contributed by atoms with Gasteiger partial charge in [-0.25, -0.2) is 4.98 Å². The zero-order chi connectivity index (χ0) is 26.0. The molecule has 37 heavy (non-hydrogen) atoms. The zero-order valence-electron chi connectivity index (χ0n) is 20.6. The highest BCUT2D eigenvalue weighted by molar-refractivity contribution is 7.14. The lowest BCUT2D eigenvalue weighted by Crippen LogP contribution is -2.26. The Kier molecular flexibility index (Phi) is 8.89. The molecule has 0 aliphatic rings. The van der Waals surface area contributed by atoms with E-state index in [0.29, 0.717) is 12.1 Å². The average Bonchev–Trinajstić information content (AvgIpc) is 3.42. The van der Waals surface area contributed by atoms with E-state index in [9.17, 15) is 9.59 Å². The van der Waals surface area contributed by atoms with Crippen LogP contribution in [0.4, 0.5) is 5.13 Å². The van der Waals surface area contributed by atoms with E-state index >= 15 is 0 Å². The number of nitrogens with one attached hydrogen (secondary N) is 1. The number of carbonyl (C=O) groups excluding carboxylic acids is 1. The number of benzene rings is 3. The van der Waals surface area contributed by atoms with E-state index in [1.165, 1.54) is 5.56 Å². The van der Waals surface area contributed by atoms with E-state index in [1.54, 1.807) is 30.6 Å². The molecule has 0 spiro atoms. The molecule has 1 amide bonds. The fourth-order valence-corrected chi connectivity index (χ4v) is 4.70. The van der Waals surface area contributed by atoms with Crippen LogP contribution in [-0.2, 0) is 17.8 Å². The summed E-state index contributed by atoms with van der Waals surface area (Å²) in [5.41, 5.74) is 4.71. The Labute approximate surface area is 220 Å². The Hall–Kier alpha value is -4.17. The number of rotatable bonds is 12. The molecule has 0 radical (unpaired) electrons. The first-order chi connectivity index (χ1) is 18.0. The van der Waals surface area contributed by atoms with Gasteiger partial charge in [0.25, 0.3) is 5.91 Å². The summed E-state index contributed by atoms with van der Waals surface area (Å²) < 4.78 is 5.37. The minimum absolute atomic E-state index is 0.100. The normalized spacial score (nSPS) is 10.6. The second-order valence-corrected chi connectivity index (χ2v) is 9.34. The van der Waals surface area contributed by atoms with Crippen molar-refractivity contribution in [2.24, 2.45) is 0 Å². The first-order valence-corrected chi connectivity index (χ1v) is 12.9. The third-order valence-electron chi connectivity index (χ3n) is 5.86. The molecular formula is C29H29N3O4S. The molecule has 0 saturated heterocycles. The maximum atomic E-state index is 12.3. The second-order valence-electron chi connectivity index (χ2n) is 8.50. The van der Waals surface area contributed by atoms with Crippen LogP contribution in [0.5, 0.6) is 5.75 Å². The Morgan fingerprint density at radius 1 is 1.00 bits per heavy atom. The van der Waals surface area contributed by atoms with Crippen LogP contribution in [-0.4, -0.2) is 42.2 Å². The quantitative estimate of drug-likeness (QED) is 0.267. The van der Waals surface area contributed by atoms with Crippen molar-refractivity contribution in [3.8, 4) is 17.0 Å². The molecule has 3 aromatic carbocycles. The molecule has 0 saturated carbocycles. The summed E-state index contributed by atoms with van der Waals surface area (Å²) in [5, 5.41) is 14.4. The molecule has 4 aromatic rings. The summed E-state index contributed by atoms with van der Waals surface area (Å²) in [4.78, 5) is 30.2. The molecule has 190 valence electrons. The number of nitrogens with zero attached hydrogens (tertiary/aromatic N) is 2. The number of carboxylic acid groups (broad SMARTS) is 1. The highest BCUT2D eigenvalue weighted by atomic mass is 32.1. The Morgan fingerprint density at radius 3 is 2.51 bits per heavy atom. The number of methoxy groups -OCH3 is 1. The van der Waals surface area contributed by atoms with Crippen LogP contribution in [0.1, 0.15) is 27.9 Å². The van der Waals surface area contributed by atoms with Crippen molar-refractivity contribution in [2.75, 3.05) is 25.1 Å². The van der Waals surface area contributed by atoms with Crippen LogP contribution < -0.4 is 15.0 Å². The molecule has 4 rings (SSSR count). The third kappa shape index (κ3) is 7.41. The monoisotopic (exact) mass is 515 g/mol. The van der Waals surface area contributed by atoms with Crippen LogP contribution in [0.25, 0.3) is 11.3 Å². The molecule has 7 nitrogen and oxygen atoms in total. The maximum absolute atomic E-state index is 12.3. The van der Waals surface area contributed by atoms with Gasteiger partial charge in [0, 0.05) is 36.1 Å². The minimum atomic E-state index is -0.942. The van der Waals surface area contributed by atoms with Crippen molar-refractivity contribution in [1.82, 2.24) is 10.3 Å². The number of anilines is 1. The van der Waals surface area contributed by atoms with Crippen LogP contribution in [0, 0.1) is 0 Å². The van der Waals surface area contributed by atoms with Gasteiger partial charge < -0.3 is 20.1 Å². The summed E-state index contributed by atoms with van der Waals surface area (Å²) in [6.07, 6.45) is 0.769. The Morgan fingerprint density at radius 2 is 1.78 bits per heavy atom. The van der Waals surface area contributed by atoms with Gasteiger partial charge in [0.05, 0.1) is 19.2 Å². The Bertz CT molecular complexity index is 1320. The lowest BCUT2D eigenvalue weighted by Gasteiger charge is -2.22. The molecular weight excluding hydrogens is 486 g/mol. The number of aliphatic carboxylic acids is 1. The highest BCUT2D eigenvalue weighted by Gasteiger charge is 2.15. The minimum Gasteiger partial charge on any atom is -0.497 e.